The van der Waals surface area contributed by atoms with Gasteiger partial charge in [0.15, 0.2) is 11.5 Å². The highest BCUT2D eigenvalue weighted by molar-refractivity contribution is 5.79. The molecule has 0 radical (unpaired) electrons. The van der Waals surface area contributed by atoms with E-state index in [1.54, 1.807) is 31.3 Å². The molecular weight excluding hydrogens is 413 g/mol. The molecule has 4 rings (SSSR count). The van der Waals surface area contributed by atoms with Crippen molar-refractivity contribution in [3.63, 3.8) is 0 Å². The molecule has 1 aromatic heterocycles. The summed E-state index contributed by atoms with van der Waals surface area (Å²) >= 11 is 0. The number of amides is 1. The Balaban J connectivity index is 1.41. The second-order valence-electron chi connectivity index (χ2n) is 7.74. The van der Waals surface area contributed by atoms with E-state index in [4.69, 9.17) is 13.9 Å². The van der Waals surface area contributed by atoms with E-state index in [1.807, 2.05) is 25.1 Å². The minimum atomic E-state index is -0.277. The number of benzene rings is 2. The lowest BCUT2D eigenvalue weighted by atomic mass is 10.2. The number of aromatic nitrogens is 1. The van der Waals surface area contributed by atoms with E-state index in [9.17, 15) is 9.18 Å². The van der Waals surface area contributed by atoms with Crippen molar-refractivity contribution in [2.24, 2.45) is 0 Å². The maximum atomic E-state index is 13.1. The monoisotopic (exact) mass is 439 g/mol. The summed E-state index contributed by atoms with van der Waals surface area (Å²) in [7, 11) is 3.17. The minimum absolute atomic E-state index is 0.0434. The highest BCUT2D eigenvalue weighted by Crippen LogP contribution is 2.32. The topological polar surface area (TPSA) is 68.0 Å². The summed E-state index contributed by atoms with van der Waals surface area (Å²) in [4.78, 5) is 21.2. The number of nitrogens with zero attached hydrogens (tertiary/aromatic N) is 3. The number of ether oxygens (including phenoxy) is 2. The van der Waals surface area contributed by atoms with Crippen LogP contribution < -0.4 is 9.47 Å². The molecule has 1 fully saturated rings. The molecule has 2 aromatic carbocycles. The van der Waals surface area contributed by atoms with Gasteiger partial charge < -0.3 is 18.8 Å². The summed E-state index contributed by atoms with van der Waals surface area (Å²) in [6.45, 7) is 4.52. The number of rotatable bonds is 7. The SMILES string of the molecule is COc1ccc(-c2nc(CN3CCN(Cc4ccc(F)cc4)C(=O)C3)c(C)o2)cc1OC. The molecule has 0 spiro atoms. The van der Waals surface area contributed by atoms with Gasteiger partial charge in [0.2, 0.25) is 11.8 Å². The predicted octanol–water partition coefficient (Wildman–Crippen LogP) is 3.65. The Morgan fingerprint density at radius 1 is 1.03 bits per heavy atom. The van der Waals surface area contributed by atoms with E-state index in [2.05, 4.69) is 9.88 Å². The zero-order chi connectivity index (χ0) is 22.7. The number of hydrogen-bond acceptors (Lipinski definition) is 6. The van der Waals surface area contributed by atoms with Gasteiger partial charge in [-0.15, -0.1) is 0 Å². The molecule has 2 heterocycles. The van der Waals surface area contributed by atoms with Gasteiger partial charge in [-0.1, -0.05) is 12.1 Å². The van der Waals surface area contributed by atoms with Crippen LogP contribution in [0.3, 0.4) is 0 Å². The van der Waals surface area contributed by atoms with Gasteiger partial charge in [-0.05, 0) is 42.8 Å². The third-order valence-corrected chi connectivity index (χ3v) is 5.58. The maximum Gasteiger partial charge on any atom is 0.237 e. The van der Waals surface area contributed by atoms with Crippen molar-refractivity contribution in [2.45, 2.75) is 20.0 Å². The van der Waals surface area contributed by atoms with Gasteiger partial charge in [-0.2, -0.15) is 0 Å². The molecule has 1 aliphatic rings. The number of aryl methyl sites for hydroxylation is 1. The van der Waals surface area contributed by atoms with E-state index in [1.165, 1.54) is 12.1 Å². The molecule has 8 heteroatoms. The highest BCUT2D eigenvalue weighted by atomic mass is 19.1. The van der Waals surface area contributed by atoms with E-state index in [-0.39, 0.29) is 11.7 Å². The van der Waals surface area contributed by atoms with Gasteiger partial charge in [0, 0.05) is 31.7 Å². The molecule has 0 unspecified atom stereocenters. The van der Waals surface area contributed by atoms with Gasteiger partial charge >= 0.3 is 0 Å². The minimum Gasteiger partial charge on any atom is -0.493 e. The van der Waals surface area contributed by atoms with Crippen LogP contribution in [0.5, 0.6) is 11.5 Å². The summed E-state index contributed by atoms with van der Waals surface area (Å²) in [5.41, 5.74) is 2.51. The zero-order valence-electron chi connectivity index (χ0n) is 18.4. The van der Waals surface area contributed by atoms with E-state index in [0.29, 0.717) is 43.6 Å². The molecule has 0 N–H and O–H groups in total. The van der Waals surface area contributed by atoms with Crippen molar-refractivity contribution >= 4 is 5.91 Å². The van der Waals surface area contributed by atoms with Crippen LogP contribution in [-0.2, 0) is 17.9 Å². The molecule has 1 saturated heterocycles. The molecule has 32 heavy (non-hydrogen) atoms. The number of piperazine rings is 1. The number of hydrogen-bond donors (Lipinski definition) is 0. The Bertz CT molecular complexity index is 1100. The van der Waals surface area contributed by atoms with Crippen molar-refractivity contribution in [3.8, 4) is 23.0 Å². The molecule has 7 nitrogen and oxygen atoms in total. The van der Waals surface area contributed by atoms with Gasteiger partial charge in [0.25, 0.3) is 0 Å². The summed E-state index contributed by atoms with van der Waals surface area (Å²) in [6, 6.07) is 11.8. The largest absolute Gasteiger partial charge is 0.493 e. The van der Waals surface area contributed by atoms with Crippen LogP contribution in [-0.4, -0.2) is 54.5 Å². The van der Waals surface area contributed by atoms with Crippen molar-refractivity contribution in [1.82, 2.24) is 14.8 Å². The molecule has 0 saturated carbocycles. The second-order valence-corrected chi connectivity index (χ2v) is 7.74. The van der Waals surface area contributed by atoms with Crippen molar-refractivity contribution in [2.75, 3.05) is 33.9 Å². The number of oxazole rings is 1. The van der Waals surface area contributed by atoms with Crippen LogP contribution in [0, 0.1) is 12.7 Å². The molecule has 0 bridgehead atoms. The van der Waals surface area contributed by atoms with Gasteiger partial charge in [0.1, 0.15) is 11.6 Å². The van der Waals surface area contributed by atoms with E-state index < -0.39 is 0 Å². The Kier molecular flexibility index (Phi) is 6.41. The first kappa shape index (κ1) is 21.8. The average Bonchev–Trinajstić information content (AvgIpc) is 3.16. The smallest absolute Gasteiger partial charge is 0.237 e. The molecular formula is C24H26FN3O4. The molecule has 0 aliphatic carbocycles. The van der Waals surface area contributed by atoms with Crippen LogP contribution in [0.15, 0.2) is 46.9 Å². The first-order valence-corrected chi connectivity index (χ1v) is 10.4. The molecule has 0 atom stereocenters. The molecule has 1 aliphatic heterocycles. The van der Waals surface area contributed by atoms with Crippen molar-refractivity contribution in [1.29, 1.82) is 0 Å². The Hall–Kier alpha value is -3.39. The Morgan fingerprint density at radius 3 is 2.47 bits per heavy atom. The fourth-order valence-electron chi connectivity index (χ4n) is 3.75. The summed E-state index contributed by atoms with van der Waals surface area (Å²) in [6.07, 6.45) is 0. The van der Waals surface area contributed by atoms with Crippen LogP contribution in [0.4, 0.5) is 4.39 Å². The van der Waals surface area contributed by atoms with Gasteiger partial charge in [-0.25, -0.2) is 9.37 Å². The third-order valence-electron chi connectivity index (χ3n) is 5.58. The number of carbonyl (C=O) groups is 1. The Labute approximate surface area is 186 Å². The maximum absolute atomic E-state index is 13.1. The van der Waals surface area contributed by atoms with Crippen molar-refractivity contribution < 1.29 is 23.1 Å². The van der Waals surface area contributed by atoms with Crippen LogP contribution in [0.1, 0.15) is 17.0 Å². The van der Waals surface area contributed by atoms with Gasteiger partial charge in [-0.3, -0.25) is 9.69 Å². The first-order valence-electron chi connectivity index (χ1n) is 10.4. The summed E-state index contributed by atoms with van der Waals surface area (Å²) in [5, 5.41) is 0. The lowest BCUT2D eigenvalue weighted by Crippen LogP contribution is -2.49. The predicted molar refractivity (Wildman–Crippen MR) is 117 cm³/mol. The summed E-state index contributed by atoms with van der Waals surface area (Å²) < 4.78 is 29.6. The zero-order valence-corrected chi connectivity index (χ0v) is 18.4. The quantitative estimate of drug-likeness (QED) is 0.560. The fourth-order valence-corrected chi connectivity index (χ4v) is 3.75. The van der Waals surface area contributed by atoms with Gasteiger partial charge in [0.05, 0.1) is 26.5 Å². The van der Waals surface area contributed by atoms with Crippen molar-refractivity contribution in [3.05, 3.63) is 65.3 Å². The number of methoxy groups -OCH3 is 2. The fraction of sp³-hybridized carbons (Fsp3) is 0.333. The normalized spacial score (nSPS) is 14.6. The summed E-state index contributed by atoms with van der Waals surface area (Å²) in [5.74, 6) is 2.22. The lowest BCUT2D eigenvalue weighted by Gasteiger charge is -2.34. The third kappa shape index (κ3) is 4.75. The number of halogens is 1. The van der Waals surface area contributed by atoms with Crippen LogP contribution in [0.25, 0.3) is 11.5 Å². The average molecular weight is 439 g/mol. The first-order chi connectivity index (χ1) is 15.5. The molecule has 168 valence electrons. The highest BCUT2D eigenvalue weighted by Gasteiger charge is 2.25. The second kappa shape index (κ2) is 9.40. The molecule has 1 amide bonds. The van der Waals surface area contributed by atoms with E-state index in [0.717, 1.165) is 29.1 Å². The van der Waals surface area contributed by atoms with Crippen LogP contribution in [0.2, 0.25) is 0 Å². The Morgan fingerprint density at radius 2 is 1.78 bits per heavy atom. The number of carbonyl (C=O) groups excluding carboxylic acids is 1. The van der Waals surface area contributed by atoms with E-state index >= 15 is 0 Å². The lowest BCUT2D eigenvalue weighted by molar-refractivity contribution is -0.136. The van der Waals surface area contributed by atoms with Crippen LogP contribution >= 0.6 is 0 Å². The standard InChI is InChI=1S/C24H26FN3O4/c1-16-20(26-24(32-16)18-6-9-21(30-2)22(12-18)31-3)14-27-10-11-28(23(29)15-27)13-17-4-7-19(25)8-5-17/h4-9,12H,10-11,13-15H2,1-3H3. The molecule has 3 aromatic rings.